The third kappa shape index (κ3) is 4.80. The van der Waals surface area contributed by atoms with Gasteiger partial charge < -0.3 is 19.0 Å². The normalized spacial score (nSPS) is 23.6. The average Bonchev–Trinajstić information content (AvgIpc) is 3.62. The zero-order valence-electron chi connectivity index (χ0n) is 21.0. The van der Waals surface area contributed by atoms with Crippen LogP contribution < -0.4 is 10.1 Å². The molecule has 2 saturated heterocycles. The Kier molecular flexibility index (Phi) is 6.55. The van der Waals surface area contributed by atoms with Crippen molar-refractivity contribution in [1.82, 2.24) is 20.0 Å². The zero-order chi connectivity index (χ0) is 25.2. The van der Waals surface area contributed by atoms with E-state index in [9.17, 15) is 4.79 Å². The molecule has 3 aromatic rings. The van der Waals surface area contributed by atoms with Crippen LogP contribution in [0.5, 0.6) is 5.75 Å². The van der Waals surface area contributed by atoms with E-state index in [1.807, 2.05) is 11.0 Å². The predicted molar refractivity (Wildman–Crippen MR) is 143 cm³/mol. The molecule has 190 valence electrons. The number of methoxy groups -OCH3 is 1. The van der Waals surface area contributed by atoms with Crippen LogP contribution in [0.2, 0.25) is 0 Å². The van der Waals surface area contributed by atoms with E-state index in [4.69, 9.17) is 9.15 Å². The van der Waals surface area contributed by atoms with Crippen molar-refractivity contribution in [2.45, 2.75) is 18.2 Å². The molecule has 3 aliphatic heterocycles. The Bertz CT molecular complexity index is 1280. The van der Waals surface area contributed by atoms with Crippen molar-refractivity contribution >= 4 is 11.5 Å². The molecule has 7 nitrogen and oxygen atoms in total. The number of nitrogens with one attached hydrogen (secondary N) is 1. The van der Waals surface area contributed by atoms with Crippen molar-refractivity contribution in [3.63, 3.8) is 0 Å². The van der Waals surface area contributed by atoms with Gasteiger partial charge in [0.1, 0.15) is 5.75 Å². The Morgan fingerprint density at radius 1 is 1.03 bits per heavy atom. The van der Waals surface area contributed by atoms with Crippen LogP contribution in [0, 0.1) is 0 Å². The van der Waals surface area contributed by atoms with Crippen molar-refractivity contribution in [1.29, 1.82) is 0 Å². The summed E-state index contributed by atoms with van der Waals surface area (Å²) >= 11 is 0. The fourth-order valence-electron chi connectivity index (χ4n) is 5.60. The highest BCUT2D eigenvalue weighted by molar-refractivity contribution is 5.91. The van der Waals surface area contributed by atoms with Crippen LogP contribution in [-0.4, -0.2) is 72.6 Å². The number of rotatable bonds is 6. The lowest BCUT2D eigenvalue weighted by atomic mass is 9.98. The molecule has 0 saturated carbocycles. The molecule has 2 aromatic carbocycles. The number of piperazine rings is 1. The van der Waals surface area contributed by atoms with Crippen molar-refractivity contribution in [3.05, 3.63) is 108 Å². The summed E-state index contributed by atoms with van der Waals surface area (Å²) in [5, 5.41) is 3.85. The van der Waals surface area contributed by atoms with Gasteiger partial charge in [0.25, 0.3) is 5.91 Å². The van der Waals surface area contributed by atoms with Gasteiger partial charge in [-0.05, 0) is 47.0 Å². The molecule has 1 aromatic heterocycles. The third-order valence-corrected chi connectivity index (χ3v) is 7.58. The average molecular weight is 497 g/mol. The first-order valence-electron chi connectivity index (χ1n) is 12.9. The molecule has 1 amide bonds. The minimum atomic E-state index is -0.0295. The quantitative estimate of drug-likeness (QED) is 0.557. The smallest absolute Gasteiger partial charge is 0.289 e. The van der Waals surface area contributed by atoms with Gasteiger partial charge in [0.05, 0.1) is 31.6 Å². The van der Waals surface area contributed by atoms with Crippen LogP contribution in [-0.2, 0) is 0 Å². The fourth-order valence-corrected chi connectivity index (χ4v) is 5.60. The van der Waals surface area contributed by atoms with E-state index >= 15 is 0 Å². The summed E-state index contributed by atoms with van der Waals surface area (Å²) in [7, 11) is 1.71. The maximum Gasteiger partial charge on any atom is 0.289 e. The fraction of sp³-hybridized carbons (Fsp3) is 0.300. The number of hydrogen-bond acceptors (Lipinski definition) is 6. The number of benzene rings is 2. The monoisotopic (exact) mass is 496 g/mol. The highest BCUT2D eigenvalue weighted by atomic mass is 16.5. The summed E-state index contributed by atoms with van der Waals surface area (Å²) in [4.78, 5) is 19.6. The Balaban J connectivity index is 1.23. The lowest BCUT2D eigenvalue weighted by Gasteiger charge is -2.39. The van der Waals surface area contributed by atoms with Gasteiger partial charge in [-0.25, -0.2) is 0 Å². The number of fused-ring (bicyclic) bond motifs is 1. The second kappa shape index (κ2) is 10.3. The van der Waals surface area contributed by atoms with Crippen LogP contribution >= 0.6 is 0 Å². The van der Waals surface area contributed by atoms with Gasteiger partial charge in [-0.2, -0.15) is 0 Å². The summed E-state index contributed by atoms with van der Waals surface area (Å²) in [6.45, 7) is 3.94. The Hall–Kier alpha value is -3.81. The van der Waals surface area contributed by atoms with Gasteiger partial charge in [0.15, 0.2) is 5.76 Å². The Labute approximate surface area is 217 Å². The van der Waals surface area contributed by atoms with Gasteiger partial charge in [-0.15, -0.1) is 0 Å². The molecule has 7 heteroatoms. The molecule has 37 heavy (non-hydrogen) atoms. The summed E-state index contributed by atoms with van der Waals surface area (Å²) in [5.74, 6) is 1.25. The van der Waals surface area contributed by atoms with Crippen molar-refractivity contribution in [3.8, 4) is 5.75 Å². The van der Waals surface area contributed by atoms with E-state index in [2.05, 4.69) is 82.0 Å². The van der Waals surface area contributed by atoms with Crippen LogP contribution in [0.3, 0.4) is 0 Å². The second-order valence-electron chi connectivity index (χ2n) is 9.76. The van der Waals surface area contributed by atoms with Gasteiger partial charge in [0, 0.05) is 38.9 Å². The molecule has 0 aliphatic carbocycles. The van der Waals surface area contributed by atoms with Gasteiger partial charge >= 0.3 is 0 Å². The number of ether oxygens (including phenoxy) is 1. The molecule has 3 aliphatic rings. The topological polar surface area (TPSA) is 61.2 Å². The summed E-state index contributed by atoms with van der Waals surface area (Å²) in [6, 6.07) is 22.7. The van der Waals surface area contributed by atoms with E-state index in [1.165, 1.54) is 16.7 Å². The van der Waals surface area contributed by atoms with E-state index in [0.717, 1.165) is 25.4 Å². The minimum Gasteiger partial charge on any atom is -0.497 e. The Morgan fingerprint density at radius 3 is 2.62 bits per heavy atom. The van der Waals surface area contributed by atoms with E-state index in [1.54, 1.807) is 25.5 Å². The zero-order valence-corrected chi connectivity index (χ0v) is 21.0. The first-order chi connectivity index (χ1) is 18.2. The molecular weight excluding hydrogens is 464 g/mol. The molecule has 2 fully saturated rings. The predicted octanol–water partition coefficient (Wildman–Crippen LogP) is 4.00. The number of carbonyl (C=O) groups excluding carboxylic acids is 1. The molecule has 0 spiro atoms. The van der Waals surface area contributed by atoms with Crippen LogP contribution in [0.4, 0.5) is 0 Å². The number of amides is 1. The maximum absolute atomic E-state index is 12.7. The summed E-state index contributed by atoms with van der Waals surface area (Å²) in [6.07, 6.45) is 8.45. The number of hydrogen-bond donors (Lipinski definition) is 1. The number of furan rings is 1. The maximum atomic E-state index is 12.7. The van der Waals surface area contributed by atoms with Crippen LogP contribution in [0.1, 0.15) is 27.7 Å². The van der Waals surface area contributed by atoms with Crippen molar-refractivity contribution in [2.75, 3.05) is 39.8 Å². The molecular formula is C30H32N4O3. The first kappa shape index (κ1) is 23.6. The van der Waals surface area contributed by atoms with E-state index in [-0.39, 0.29) is 24.2 Å². The number of nitrogens with zero attached hydrogens (tertiary/aromatic N) is 3. The highest BCUT2D eigenvalue weighted by Gasteiger charge is 2.41. The molecule has 3 unspecified atom stereocenters. The van der Waals surface area contributed by atoms with Gasteiger partial charge in [-0.1, -0.05) is 48.5 Å². The minimum absolute atomic E-state index is 0.0295. The molecule has 6 rings (SSSR count). The van der Waals surface area contributed by atoms with Gasteiger partial charge in [-0.3, -0.25) is 15.0 Å². The van der Waals surface area contributed by atoms with Crippen molar-refractivity contribution < 1.29 is 13.9 Å². The van der Waals surface area contributed by atoms with Crippen molar-refractivity contribution in [2.24, 2.45) is 0 Å². The number of carbonyl (C=O) groups is 1. The summed E-state index contributed by atoms with van der Waals surface area (Å²) in [5.41, 5.74) is 3.64. The molecule has 1 N–H and O–H groups in total. The first-order valence-corrected chi connectivity index (χ1v) is 12.9. The lowest BCUT2D eigenvalue weighted by Crippen LogP contribution is -2.52. The Morgan fingerprint density at radius 2 is 1.86 bits per heavy atom. The van der Waals surface area contributed by atoms with Gasteiger partial charge in [0.2, 0.25) is 0 Å². The lowest BCUT2D eigenvalue weighted by molar-refractivity contribution is 0.0575. The molecule has 4 heterocycles. The second-order valence-corrected chi connectivity index (χ2v) is 9.76. The standard InChI is InChI=1S/C30H32N4O3/c1-36-25-10-5-9-23(19-25)29-26(21-32-14-16-33(17-15-32)30(35)27-11-6-18-37-27)34-20-24(12-13-28(34)31-29)22-7-3-2-4-8-22/h2-13,18-20,26,28-29,31H,14-17,21H2,1H3. The van der Waals surface area contributed by atoms with Crippen LogP contribution in [0.15, 0.2) is 95.8 Å². The van der Waals surface area contributed by atoms with Crippen LogP contribution in [0.25, 0.3) is 5.57 Å². The number of allylic oxidation sites excluding steroid dienone is 2. The summed E-state index contributed by atoms with van der Waals surface area (Å²) < 4.78 is 10.9. The largest absolute Gasteiger partial charge is 0.497 e. The molecule has 0 bridgehead atoms. The van der Waals surface area contributed by atoms with E-state index in [0.29, 0.717) is 18.8 Å². The molecule has 0 radical (unpaired) electrons. The highest BCUT2D eigenvalue weighted by Crippen LogP contribution is 2.36. The molecule has 3 atom stereocenters. The third-order valence-electron chi connectivity index (χ3n) is 7.58. The SMILES string of the molecule is COc1cccc(C2NC3C=CC(c4ccccc4)=CN3C2CN2CCN(C(=O)c3ccco3)CC2)c1. The van der Waals surface area contributed by atoms with E-state index < -0.39 is 0 Å².